The maximum atomic E-state index is 12.1. The van der Waals surface area contributed by atoms with Crippen LogP contribution in [0, 0.1) is 21.2 Å². The first kappa shape index (κ1) is 9.37. The molecule has 0 fully saturated rings. The molecule has 0 amide bonds. The van der Waals surface area contributed by atoms with Crippen molar-refractivity contribution in [3.8, 4) is 6.57 Å². The van der Waals surface area contributed by atoms with Gasteiger partial charge >= 0.3 is 0 Å². The standard InChI is InChI=1S/C6H4FI.CHN/c7-5-1-3-6(8)4-2-5;1-2/h1-4H;1H. The first-order valence-electron chi connectivity index (χ1n) is 2.46. The smallest absolute Gasteiger partial charge is 0.123 e. The van der Waals surface area contributed by atoms with Crippen LogP contribution in [0.3, 0.4) is 0 Å². The zero-order chi connectivity index (χ0) is 7.98. The lowest BCUT2D eigenvalue weighted by molar-refractivity contribution is 0.627. The van der Waals surface area contributed by atoms with E-state index in [9.17, 15) is 4.39 Å². The molecule has 0 bridgehead atoms. The van der Waals surface area contributed by atoms with Crippen LogP contribution in [0.15, 0.2) is 24.3 Å². The minimum Gasteiger partial charge on any atom is -0.207 e. The van der Waals surface area contributed by atoms with Crippen LogP contribution < -0.4 is 0 Å². The van der Waals surface area contributed by atoms with Crippen molar-refractivity contribution in [3.63, 3.8) is 0 Å². The van der Waals surface area contributed by atoms with Gasteiger partial charge in [0.25, 0.3) is 0 Å². The number of benzene rings is 1. The zero-order valence-corrected chi connectivity index (χ0v) is 7.25. The Balaban J connectivity index is 0.000000371. The van der Waals surface area contributed by atoms with Gasteiger partial charge in [-0.05, 0) is 46.9 Å². The second-order valence-corrected chi connectivity index (χ2v) is 2.68. The molecule has 52 valence electrons. The molecule has 1 aromatic rings. The molecule has 0 unspecified atom stereocenters. The van der Waals surface area contributed by atoms with E-state index in [1.807, 2.05) is 0 Å². The van der Waals surface area contributed by atoms with Crippen molar-refractivity contribution in [2.24, 2.45) is 0 Å². The Kier molecular flexibility index (Phi) is 4.85. The lowest BCUT2D eigenvalue weighted by atomic mass is 10.4. The summed E-state index contributed by atoms with van der Waals surface area (Å²) in [5.74, 6) is -0.176. The fraction of sp³-hybridized carbons (Fsp3) is 0. The minimum absolute atomic E-state index is 0.176. The molecule has 0 saturated heterocycles. The number of halogens is 2. The molecule has 0 aliphatic heterocycles. The van der Waals surface area contributed by atoms with Crippen molar-refractivity contribution in [1.82, 2.24) is 0 Å². The average molecular weight is 249 g/mol. The van der Waals surface area contributed by atoms with Crippen LogP contribution in [0.4, 0.5) is 4.39 Å². The van der Waals surface area contributed by atoms with Crippen molar-refractivity contribution in [2.75, 3.05) is 0 Å². The van der Waals surface area contributed by atoms with Gasteiger partial charge in [-0.15, -0.1) is 0 Å². The van der Waals surface area contributed by atoms with Gasteiger partial charge in [0.1, 0.15) is 5.82 Å². The maximum absolute atomic E-state index is 12.1. The Morgan fingerprint density at radius 2 is 1.60 bits per heavy atom. The zero-order valence-electron chi connectivity index (χ0n) is 5.09. The summed E-state index contributed by atoms with van der Waals surface area (Å²) in [5, 5.41) is 6.50. The van der Waals surface area contributed by atoms with Crippen LogP contribution >= 0.6 is 22.6 Å². The lowest BCUT2D eigenvalue weighted by Gasteiger charge is -1.85. The Bertz CT molecular complexity index is 184. The van der Waals surface area contributed by atoms with Gasteiger partial charge in [-0.3, -0.25) is 0 Å². The number of hydrogen-bond acceptors (Lipinski definition) is 1. The summed E-state index contributed by atoms with van der Waals surface area (Å²) < 4.78 is 13.1. The highest BCUT2D eigenvalue weighted by atomic mass is 127. The van der Waals surface area contributed by atoms with Crippen LogP contribution in [0.25, 0.3) is 0 Å². The van der Waals surface area contributed by atoms with Crippen LogP contribution in [0.5, 0.6) is 0 Å². The summed E-state index contributed by atoms with van der Waals surface area (Å²) in [6.45, 7) is 3.50. The summed E-state index contributed by atoms with van der Waals surface area (Å²) in [6, 6.07) is 6.36. The molecular weight excluding hydrogens is 244 g/mol. The second kappa shape index (κ2) is 5.18. The highest BCUT2D eigenvalue weighted by Gasteiger charge is 1.84. The van der Waals surface area contributed by atoms with Gasteiger partial charge in [-0.2, -0.15) is 0 Å². The highest BCUT2D eigenvalue weighted by molar-refractivity contribution is 14.1. The van der Waals surface area contributed by atoms with Crippen molar-refractivity contribution < 1.29 is 4.39 Å². The average Bonchev–Trinajstić information content (AvgIpc) is 2.00. The van der Waals surface area contributed by atoms with Crippen LogP contribution in [-0.4, -0.2) is 0 Å². The van der Waals surface area contributed by atoms with E-state index in [0.29, 0.717) is 0 Å². The third kappa shape index (κ3) is 3.41. The van der Waals surface area contributed by atoms with E-state index in [2.05, 4.69) is 29.2 Å². The van der Waals surface area contributed by atoms with Crippen molar-refractivity contribution in [2.45, 2.75) is 0 Å². The summed E-state index contributed by atoms with van der Waals surface area (Å²) in [6.07, 6.45) is 0. The summed E-state index contributed by atoms with van der Waals surface area (Å²) >= 11 is 2.13. The van der Waals surface area contributed by atoms with Gasteiger partial charge in [0.15, 0.2) is 0 Å². The molecule has 0 saturated carbocycles. The fourth-order valence-electron chi connectivity index (χ4n) is 0.430. The molecule has 0 spiro atoms. The minimum atomic E-state index is -0.176. The van der Waals surface area contributed by atoms with E-state index in [1.54, 1.807) is 12.1 Å². The lowest BCUT2D eigenvalue weighted by Crippen LogP contribution is -1.70. The van der Waals surface area contributed by atoms with Gasteiger partial charge in [-0.25, -0.2) is 9.65 Å². The first-order valence-corrected chi connectivity index (χ1v) is 3.54. The van der Waals surface area contributed by atoms with E-state index in [0.717, 1.165) is 3.57 Å². The van der Waals surface area contributed by atoms with Gasteiger partial charge < -0.3 is 0 Å². The van der Waals surface area contributed by atoms with Crippen LogP contribution in [-0.2, 0) is 0 Å². The van der Waals surface area contributed by atoms with Crippen LogP contribution in [0.2, 0.25) is 0 Å². The van der Waals surface area contributed by atoms with Crippen molar-refractivity contribution >= 4 is 22.6 Å². The second-order valence-electron chi connectivity index (χ2n) is 1.44. The molecule has 1 aromatic carbocycles. The van der Waals surface area contributed by atoms with E-state index < -0.39 is 0 Å². The third-order valence-electron chi connectivity index (χ3n) is 0.804. The number of nitriles is 1. The molecule has 1 rings (SSSR count). The van der Waals surface area contributed by atoms with Gasteiger partial charge in [-0.1, -0.05) is 0 Å². The Labute approximate surface area is 72.6 Å². The monoisotopic (exact) mass is 249 g/mol. The molecule has 0 N–H and O–H groups in total. The third-order valence-corrected chi connectivity index (χ3v) is 1.52. The predicted molar refractivity (Wildman–Crippen MR) is 45.8 cm³/mol. The molecular formula is C7H5FIN. The van der Waals surface area contributed by atoms with Crippen molar-refractivity contribution in [3.05, 3.63) is 33.7 Å². The molecule has 1 nitrogen and oxygen atoms in total. The van der Waals surface area contributed by atoms with Gasteiger partial charge in [0.05, 0.1) is 0 Å². The van der Waals surface area contributed by atoms with E-state index >= 15 is 0 Å². The molecule has 0 atom stereocenters. The van der Waals surface area contributed by atoms with Gasteiger partial charge in [0, 0.05) is 10.1 Å². The quantitative estimate of drug-likeness (QED) is 0.648. The summed E-state index contributed by atoms with van der Waals surface area (Å²) in [4.78, 5) is 0. The highest BCUT2D eigenvalue weighted by Crippen LogP contribution is 2.04. The Morgan fingerprint density at radius 1 is 1.20 bits per heavy atom. The molecule has 0 aliphatic rings. The Morgan fingerprint density at radius 3 is 1.90 bits per heavy atom. The summed E-state index contributed by atoms with van der Waals surface area (Å²) in [7, 11) is 0. The first-order chi connectivity index (χ1) is 4.79. The molecule has 0 aliphatic carbocycles. The number of nitrogens with zero attached hydrogens (tertiary/aromatic N) is 1. The summed E-state index contributed by atoms with van der Waals surface area (Å²) in [5.41, 5.74) is 0. The Hall–Kier alpha value is -0.630. The fourth-order valence-corrected chi connectivity index (χ4v) is 0.789. The van der Waals surface area contributed by atoms with Crippen LogP contribution in [0.1, 0.15) is 0 Å². The largest absolute Gasteiger partial charge is 0.207 e. The maximum Gasteiger partial charge on any atom is 0.123 e. The van der Waals surface area contributed by atoms with E-state index in [1.165, 1.54) is 12.1 Å². The molecule has 0 heterocycles. The topological polar surface area (TPSA) is 23.8 Å². The van der Waals surface area contributed by atoms with E-state index in [-0.39, 0.29) is 5.82 Å². The number of hydrogen-bond donors (Lipinski definition) is 0. The molecule has 3 heteroatoms. The molecule has 0 aromatic heterocycles. The SMILES string of the molecule is C#N.Fc1ccc(I)cc1. The van der Waals surface area contributed by atoms with E-state index in [4.69, 9.17) is 5.26 Å². The molecule has 10 heavy (non-hydrogen) atoms. The van der Waals surface area contributed by atoms with Gasteiger partial charge in [0.2, 0.25) is 0 Å². The normalized spacial score (nSPS) is 7.60. The predicted octanol–water partition coefficient (Wildman–Crippen LogP) is 2.57. The molecule has 0 radical (unpaired) electrons. The number of rotatable bonds is 0. The van der Waals surface area contributed by atoms with Crippen molar-refractivity contribution in [1.29, 1.82) is 5.26 Å².